The van der Waals surface area contributed by atoms with E-state index in [0.717, 1.165) is 17.3 Å². The van der Waals surface area contributed by atoms with Crippen molar-refractivity contribution in [1.29, 1.82) is 0 Å². The van der Waals surface area contributed by atoms with Crippen LogP contribution in [0.3, 0.4) is 0 Å². The molecule has 1 saturated heterocycles. The van der Waals surface area contributed by atoms with Crippen LogP contribution in [0.15, 0.2) is 64.5 Å². The van der Waals surface area contributed by atoms with Crippen LogP contribution in [-0.2, 0) is 14.3 Å². The summed E-state index contributed by atoms with van der Waals surface area (Å²) in [5.74, 6) is -0.663. The van der Waals surface area contributed by atoms with Crippen LogP contribution in [0.25, 0.3) is 6.08 Å². The first-order valence-electron chi connectivity index (χ1n) is 8.82. The lowest BCUT2D eigenvalue weighted by Gasteiger charge is -2.05. The van der Waals surface area contributed by atoms with Crippen molar-refractivity contribution in [3.05, 3.63) is 70.6 Å². The van der Waals surface area contributed by atoms with Gasteiger partial charge in [-0.15, -0.1) is 0 Å². The first-order chi connectivity index (χ1) is 14.0. The second-order valence-corrected chi connectivity index (χ2v) is 6.85. The number of carbonyl (C=O) groups is 3. The topological polar surface area (TPSA) is 94.1 Å². The maximum Gasteiger partial charge on any atom is 0.344 e. The molecule has 0 atom stereocenters. The Bertz CT molecular complexity index is 968. The van der Waals surface area contributed by atoms with Gasteiger partial charge in [-0.05, 0) is 54.6 Å². The molecule has 0 radical (unpaired) electrons. The molecule has 2 aromatic carbocycles. The summed E-state index contributed by atoms with van der Waals surface area (Å²) in [6, 6.07) is 15.5. The lowest BCUT2D eigenvalue weighted by atomic mass is 10.2. The number of hydrogen-bond acceptors (Lipinski definition) is 6. The van der Waals surface area contributed by atoms with E-state index in [9.17, 15) is 14.4 Å². The Morgan fingerprint density at radius 3 is 2.52 bits per heavy atom. The molecule has 8 heteroatoms. The minimum absolute atomic E-state index is 0.165. The highest BCUT2D eigenvalue weighted by Gasteiger charge is 2.24. The molecule has 3 rings (SSSR count). The van der Waals surface area contributed by atoms with E-state index in [2.05, 4.69) is 10.3 Å². The van der Waals surface area contributed by atoms with Crippen LogP contribution in [0, 0.1) is 0 Å². The Kier molecular flexibility index (Phi) is 6.80. The van der Waals surface area contributed by atoms with Gasteiger partial charge in [0.2, 0.25) is 0 Å². The van der Waals surface area contributed by atoms with E-state index in [-0.39, 0.29) is 17.7 Å². The van der Waals surface area contributed by atoms with Gasteiger partial charge in [0.05, 0.1) is 11.5 Å². The zero-order valence-corrected chi connectivity index (χ0v) is 16.4. The van der Waals surface area contributed by atoms with Crippen LogP contribution < -0.4 is 10.1 Å². The van der Waals surface area contributed by atoms with Crippen molar-refractivity contribution >= 4 is 40.8 Å². The first kappa shape index (κ1) is 20.3. The number of thioether (sulfide) groups is 1. The van der Waals surface area contributed by atoms with Crippen LogP contribution in [0.4, 0.5) is 0 Å². The predicted molar refractivity (Wildman–Crippen MR) is 110 cm³/mol. The Balaban J connectivity index is 1.63. The quantitative estimate of drug-likeness (QED) is 0.581. The largest absolute Gasteiger partial charge is 0.482 e. The summed E-state index contributed by atoms with van der Waals surface area (Å²) < 4.78 is 10.1. The number of nitrogens with one attached hydrogen (secondary N) is 1. The van der Waals surface area contributed by atoms with Crippen molar-refractivity contribution in [2.45, 2.75) is 6.92 Å². The van der Waals surface area contributed by atoms with Gasteiger partial charge in [0.15, 0.2) is 11.8 Å². The van der Waals surface area contributed by atoms with E-state index in [1.807, 2.05) is 6.07 Å². The molecule has 1 heterocycles. The summed E-state index contributed by atoms with van der Waals surface area (Å²) in [7, 11) is 0. The van der Waals surface area contributed by atoms with Gasteiger partial charge in [-0.1, -0.05) is 30.3 Å². The number of nitrogens with zero attached hydrogens (tertiary/aromatic N) is 1. The van der Waals surface area contributed by atoms with Crippen molar-refractivity contribution in [2.75, 3.05) is 13.2 Å². The lowest BCUT2D eigenvalue weighted by molar-refractivity contribution is -0.145. The summed E-state index contributed by atoms with van der Waals surface area (Å²) in [5.41, 5.74) is 1.22. The van der Waals surface area contributed by atoms with Gasteiger partial charge >= 0.3 is 5.97 Å². The molecule has 1 aliphatic rings. The minimum atomic E-state index is -0.436. The van der Waals surface area contributed by atoms with E-state index in [4.69, 9.17) is 9.47 Å². The molecular formula is C21H18N2O5S. The summed E-state index contributed by atoms with van der Waals surface area (Å²) in [5, 5.41) is 2.83. The van der Waals surface area contributed by atoms with Gasteiger partial charge < -0.3 is 14.8 Å². The highest BCUT2D eigenvalue weighted by atomic mass is 32.2. The number of benzene rings is 2. The zero-order valence-electron chi connectivity index (χ0n) is 15.6. The Hall–Kier alpha value is -3.39. The second-order valence-electron chi connectivity index (χ2n) is 5.82. The minimum Gasteiger partial charge on any atom is -0.482 e. The number of aliphatic imine (C=N–C) groups is 1. The average Bonchev–Trinajstić information content (AvgIpc) is 3.07. The monoisotopic (exact) mass is 410 g/mol. The fourth-order valence-electron chi connectivity index (χ4n) is 2.37. The fraction of sp³-hybridized carbons (Fsp3) is 0.143. The molecule has 7 nitrogen and oxygen atoms in total. The van der Waals surface area contributed by atoms with E-state index in [1.54, 1.807) is 61.5 Å². The number of ether oxygens (including phenoxy) is 2. The molecule has 0 unspecified atom stereocenters. The number of amides is 2. The number of esters is 1. The molecular weight excluding hydrogens is 392 g/mol. The van der Waals surface area contributed by atoms with Crippen molar-refractivity contribution in [1.82, 2.24) is 5.32 Å². The number of hydrogen-bond donors (Lipinski definition) is 1. The molecule has 2 aromatic rings. The third kappa shape index (κ3) is 5.79. The number of amidine groups is 1. The van der Waals surface area contributed by atoms with Crippen molar-refractivity contribution in [2.24, 2.45) is 4.99 Å². The van der Waals surface area contributed by atoms with Gasteiger partial charge in [-0.25, -0.2) is 4.79 Å². The van der Waals surface area contributed by atoms with Crippen LogP contribution in [-0.4, -0.2) is 36.2 Å². The molecule has 0 saturated carbocycles. The molecule has 148 valence electrons. The van der Waals surface area contributed by atoms with E-state index < -0.39 is 11.9 Å². The van der Waals surface area contributed by atoms with Gasteiger partial charge in [0, 0.05) is 5.56 Å². The Morgan fingerprint density at radius 2 is 1.83 bits per heavy atom. The predicted octanol–water partition coefficient (Wildman–Crippen LogP) is 3.03. The molecule has 1 aliphatic heterocycles. The third-order valence-electron chi connectivity index (χ3n) is 3.71. The van der Waals surface area contributed by atoms with Crippen LogP contribution >= 0.6 is 11.8 Å². The highest BCUT2D eigenvalue weighted by Crippen LogP contribution is 2.27. The highest BCUT2D eigenvalue weighted by molar-refractivity contribution is 8.18. The second kappa shape index (κ2) is 9.70. The van der Waals surface area contributed by atoms with Gasteiger partial charge in [-0.3, -0.25) is 9.59 Å². The molecule has 29 heavy (non-hydrogen) atoms. The maximum atomic E-state index is 12.1. The normalized spacial score (nSPS) is 16.0. The standard InChI is InChI=1S/C21H18N2O5S/c1-2-27-18(24)13-28-16-10-8-14(9-11-16)12-17-20(26)23-21(29-17)22-19(25)15-6-4-3-5-7-15/h3-12H,2,13H2,1H3,(H,22,23,25,26)/b17-12-. The average molecular weight is 410 g/mol. The van der Waals surface area contributed by atoms with Crippen LogP contribution in [0.2, 0.25) is 0 Å². The molecule has 0 aliphatic carbocycles. The summed E-state index contributed by atoms with van der Waals surface area (Å²) >= 11 is 1.10. The van der Waals surface area contributed by atoms with Crippen molar-refractivity contribution in [3.63, 3.8) is 0 Å². The molecule has 2 amide bonds. The SMILES string of the molecule is CCOC(=O)COc1ccc(/C=C2\SC(=NC(=O)c3ccccc3)NC2=O)cc1. The van der Waals surface area contributed by atoms with E-state index in [1.165, 1.54) is 0 Å². The molecule has 1 fully saturated rings. The fourth-order valence-corrected chi connectivity index (χ4v) is 3.19. The van der Waals surface area contributed by atoms with E-state index >= 15 is 0 Å². The Morgan fingerprint density at radius 1 is 1.10 bits per heavy atom. The number of carbonyl (C=O) groups excluding carboxylic acids is 3. The summed E-state index contributed by atoms with van der Waals surface area (Å²) in [4.78, 5) is 40.0. The van der Waals surface area contributed by atoms with E-state index in [0.29, 0.717) is 22.8 Å². The van der Waals surface area contributed by atoms with Crippen LogP contribution in [0.1, 0.15) is 22.8 Å². The maximum absolute atomic E-state index is 12.1. The van der Waals surface area contributed by atoms with Crippen molar-refractivity contribution in [3.8, 4) is 5.75 Å². The zero-order chi connectivity index (χ0) is 20.6. The molecule has 0 aromatic heterocycles. The lowest BCUT2D eigenvalue weighted by Crippen LogP contribution is -2.20. The van der Waals surface area contributed by atoms with Crippen molar-refractivity contribution < 1.29 is 23.9 Å². The third-order valence-corrected chi connectivity index (χ3v) is 4.62. The smallest absolute Gasteiger partial charge is 0.344 e. The summed E-state index contributed by atoms with van der Waals surface area (Å²) in [6.45, 7) is 1.86. The number of rotatable bonds is 6. The molecule has 0 spiro atoms. The van der Waals surface area contributed by atoms with Gasteiger partial charge in [0.1, 0.15) is 5.75 Å². The van der Waals surface area contributed by atoms with Gasteiger partial charge in [0.25, 0.3) is 11.8 Å². The molecule has 0 bridgehead atoms. The van der Waals surface area contributed by atoms with Gasteiger partial charge in [-0.2, -0.15) is 4.99 Å². The molecule has 1 N–H and O–H groups in total. The first-order valence-corrected chi connectivity index (χ1v) is 9.64. The Labute approximate surface area is 171 Å². The summed E-state index contributed by atoms with van der Waals surface area (Å²) in [6.07, 6.45) is 1.69. The van der Waals surface area contributed by atoms with Crippen LogP contribution in [0.5, 0.6) is 5.75 Å².